The molecule has 1 aliphatic heterocycles. The monoisotopic (exact) mass is 253 g/mol. The Hall–Kier alpha value is -1.82. The Bertz CT molecular complexity index is 548. The number of benzene rings is 1. The molecule has 0 unspecified atom stereocenters. The zero-order valence-corrected chi connectivity index (χ0v) is 9.74. The number of para-hydroxylation sites is 1. The van der Waals surface area contributed by atoms with E-state index in [9.17, 15) is 13.2 Å². The van der Waals surface area contributed by atoms with E-state index in [1.165, 1.54) is 0 Å². The van der Waals surface area contributed by atoms with Crippen LogP contribution in [0.5, 0.6) is 0 Å². The maximum atomic E-state index is 11.7. The Labute approximate surface area is 99.0 Å². The summed E-state index contributed by atoms with van der Waals surface area (Å²) in [4.78, 5) is 11.4. The first-order valence-corrected chi connectivity index (χ1v) is 6.66. The Morgan fingerprint density at radius 1 is 1.24 bits per heavy atom. The number of hydrogen-bond acceptors (Lipinski definition) is 4. The van der Waals surface area contributed by atoms with Crippen LogP contribution >= 0.6 is 0 Å². The summed E-state index contributed by atoms with van der Waals surface area (Å²) >= 11 is 0. The molecule has 0 aliphatic carbocycles. The van der Waals surface area contributed by atoms with Crippen LogP contribution in [0, 0.1) is 0 Å². The first-order valence-electron chi connectivity index (χ1n) is 5.00. The Morgan fingerprint density at radius 2 is 1.94 bits per heavy atom. The van der Waals surface area contributed by atoms with Gasteiger partial charge in [0.2, 0.25) is 0 Å². The molecule has 2 rings (SSSR count). The van der Waals surface area contributed by atoms with Gasteiger partial charge < -0.3 is 10.1 Å². The predicted molar refractivity (Wildman–Crippen MR) is 62.9 cm³/mol. The van der Waals surface area contributed by atoms with Crippen molar-refractivity contribution in [2.45, 2.75) is 0 Å². The van der Waals surface area contributed by atoms with Gasteiger partial charge in [0.15, 0.2) is 14.7 Å². The first kappa shape index (κ1) is 11.7. The lowest BCUT2D eigenvalue weighted by molar-refractivity contribution is -0.112. The second-order valence-corrected chi connectivity index (χ2v) is 5.57. The topological polar surface area (TPSA) is 72.5 Å². The molecule has 1 aromatic carbocycles. The molecular formula is C11H11NO4S. The van der Waals surface area contributed by atoms with Crippen LogP contribution in [0.15, 0.2) is 41.5 Å². The third-order valence-corrected chi connectivity index (χ3v) is 3.91. The molecule has 1 amide bonds. The minimum atomic E-state index is -3.52. The number of sulfone groups is 1. The largest absolute Gasteiger partial charge is 0.499 e. The minimum absolute atomic E-state index is 0.0877. The van der Waals surface area contributed by atoms with E-state index in [4.69, 9.17) is 4.74 Å². The number of carbonyl (C=O) groups is 1. The molecule has 17 heavy (non-hydrogen) atoms. The Balaban J connectivity index is 2.19. The van der Waals surface area contributed by atoms with Crippen molar-refractivity contribution < 1.29 is 17.9 Å². The Morgan fingerprint density at radius 3 is 2.59 bits per heavy atom. The fourth-order valence-electron chi connectivity index (χ4n) is 1.38. The van der Waals surface area contributed by atoms with Crippen LogP contribution < -0.4 is 5.32 Å². The van der Waals surface area contributed by atoms with Gasteiger partial charge in [0.25, 0.3) is 5.91 Å². The molecule has 0 spiro atoms. The zero-order chi connectivity index (χ0) is 12.3. The molecular weight excluding hydrogens is 242 g/mol. The SMILES string of the molecule is O=C(Nc1ccccc1)C1=COCCS1(=O)=O. The van der Waals surface area contributed by atoms with E-state index in [0.717, 1.165) is 6.26 Å². The predicted octanol–water partition coefficient (Wildman–Crippen LogP) is 0.911. The van der Waals surface area contributed by atoms with Gasteiger partial charge in [-0.3, -0.25) is 4.79 Å². The number of ether oxygens (including phenoxy) is 1. The molecule has 0 bridgehead atoms. The van der Waals surface area contributed by atoms with Crippen LogP contribution in [0.4, 0.5) is 5.69 Å². The van der Waals surface area contributed by atoms with E-state index in [0.29, 0.717) is 5.69 Å². The van der Waals surface area contributed by atoms with Crippen molar-refractivity contribution in [3.05, 3.63) is 41.5 Å². The third kappa shape index (κ3) is 2.65. The van der Waals surface area contributed by atoms with Gasteiger partial charge in [-0.25, -0.2) is 8.42 Å². The molecule has 1 N–H and O–H groups in total. The summed E-state index contributed by atoms with van der Waals surface area (Å²) in [5.74, 6) is -0.836. The Kier molecular flexibility index (Phi) is 3.14. The van der Waals surface area contributed by atoms with Crippen LogP contribution in [0.2, 0.25) is 0 Å². The molecule has 1 heterocycles. The van der Waals surface area contributed by atoms with Crippen molar-refractivity contribution in [3.63, 3.8) is 0 Å². The van der Waals surface area contributed by atoms with Gasteiger partial charge in [-0.1, -0.05) is 18.2 Å². The molecule has 0 fully saturated rings. The van der Waals surface area contributed by atoms with Crippen LogP contribution in [-0.2, 0) is 19.4 Å². The molecule has 0 saturated carbocycles. The summed E-state index contributed by atoms with van der Waals surface area (Å²) in [7, 11) is -3.52. The molecule has 1 aromatic rings. The van der Waals surface area contributed by atoms with Crippen molar-refractivity contribution in [3.8, 4) is 0 Å². The van der Waals surface area contributed by atoms with Crippen LogP contribution in [-0.4, -0.2) is 26.7 Å². The van der Waals surface area contributed by atoms with E-state index in [2.05, 4.69) is 5.32 Å². The quantitative estimate of drug-likeness (QED) is 0.850. The highest BCUT2D eigenvalue weighted by Crippen LogP contribution is 2.16. The van der Waals surface area contributed by atoms with Crippen molar-refractivity contribution >= 4 is 21.4 Å². The molecule has 6 heteroatoms. The van der Waals surface area contributed by atoms with Crippen LogP contribution in [0.1, 0.15) is 0 Å². The molecule has 0 atom stereocenters. The number of carbonyl (C=O) groups excluding carboxylic acids is 1. The average Bonchev–Trinajstić information content (AvgIpc) is 2.29. The van der Waals surface area contributed by atoms with Gasteiger partial charge in [-0.15, -0.1) is 0 Å². The van der Waals surface area contributed by atoms with Gasteiger partial charge >= 0.3 is 0 Å². The van der Waals surface area contributed by atoms with E-state index >= 15 is 0 Å². The molecule has 0 aromatic heterocycles. The molecule has 5 nitrogen and oxygen atoms in total. The number of nitrogens with one attached hydrogen (secondary N) is 1. The maximum Gasteiger partial charge on any atom is 0.270 e. The lowest BCUT2D eigenvalue weighted by atomic mass is 10.3. The third-order valence-electron chi connectivity index (χ3n) is 2.25. The molecule has 0 saturated heterocycles. The highest BCUT2D eigenvalue weighted by molar-refractivity contribution is 7.96. The van der Waals surface area contributed by atoms with E-state index in [1.54, 1.807) is 30.3 Å². The van der Waals surface area contributed by atoms with Crippen molar-refractivity contribution in [1.29, 1.82) is 0 Å². The summed E-state index contributed by atoms with van der Waals surface area (Å²) in [6, 6.07) is 8.64. The van der Waals surface area contributed by atoms with E-state index in [-0.39, 0.29) is 17.3 Å². The van der Waals surface area contributed by atoms with Gasteiger partial charge in [-0.2, -0.15) is 0 Å². The van der Waals surface area contributed by atoms with Gasteiger partial charge in [0.05, 0.1) is 5.75 Å². The summed E-state index contributed by atoms with van der Waals surface area (Å²) in [5, 5.41) is 2.50. The standard InChI is InChI=1S/C11H11NO4S/c13-11(12-9-4-2-1-3-5-9)10-8-16-6-7-17(10,14)15/h1-5,8H,6-7H2,(H,12,13). The van der Waals surface area contributed by atoms with Gasteiger partial charge in [0, 0.05) is 5.69 Å². The number of anilines is 1. The average molecular weight is 253 g/mol. The molecule has 1 aliphatic rings. The van der Waals surface area contributed by atoms with Crippen LogP contribution in [0.25, 0.3) is 0 Å². The lowest BCUT2D eigenvalue weighted by Crippen LogP contribution is -2.27. The second-order valence-electron chi connectivity index (χ2n) is 3.49. The fraction of sp³-hybridized carbons (Fsp3) is 0.182. The number of hydrogen-bond donors (Lipinski definition) is 1. The van der Waals surface area contributed by atoms with E-state index < -0.39 is 15.7 Å². The number of rotatable bonds is 2. The van der Waals surface area contributed by atoms with Gasteiger partial charge in [-0.05, 0) is 12.1 Å². The van der Waals surface area contributed by atoms with Crippen molar-refractivity contribution in [1.82, 2.24) is 0 Å². The highest BCUT2D eigenvalue weighted by Gasteiger charge is 2.28. The minimum Gasteiger partial charge on any atom is -0.499 e. The molecule has 0 radical (unpaired) electrons. The lowest BCUT2D eigenvalue weighted by Gasteiger charge is -2.14. The summed E-state index contributed by atoms with van der Waals surface area (Å²) in [6.07, 6.45) is 0.997. The second kappa shape index (κ2) is 4.58. The fourth-order valence-corrected chi connectivity index (χ4v) is 2.47. The highest BCUT2D eigenvalue weighted by atomic mass is 32.2. The normalized spacial score (nSPS) is 17.8. The molecule has 90 valence electrons. The van der Waals surface area contributed by atoms with E-state index in [1.807, 2.05) is 0 Å². The summed E-state index contributed by atoms with van der Waals surface area (Å²) in [6.45, 7) is 0.0877. The van der Waals surface area contributed by atoms with Crippen molar-refractivity contribution in [2.75, 3.05) is 17.7 Å². The summed E-state index contributed by atoms with van der Waals surface area (Å²) in [5.41, 5.74) is 0.541. The number of amides is 1. The van der Waals surface area contributed by atoms with Crippen molar-refractivity contribution in [2.24, 2.45) is 0 Å². The maximum absolute atomic E-state index is 11.7. The first-order chi connectivity index (χ1) is 8.09. The smallest absolute Gasteiger partial charge is 0.270 e. The van der Waals surface area contributed by atoms with Crippen LogP contribution in [0.3, 0.4) is 0 Å². The summed E-state index contributed by atoms with van der Waals surface area (Å²) < 4.78 is 28.1. The zero-order valence-electron chi connectivity index (χ0n) is 8.92. The van der Waals surface area contributed by atoms with Gasteiger partial charge in [0.1, 0.15) is 12.9 Å².